The Morgan fingerprint density at radius 3 is 2.75 bits per heavy atom. The second-order valence-corrected chi connectivity index (χ2v) is 7.48. The summed E-state index contributed by atoms with van der Waals surface area (Å²) in [4.78, 5) is 12.2. The van der Waals surface area contributed by atoms with Crippen molar-refractivity contribution in [3.05, 3.63) is 71.5 Å². The van der Waals surface area contributed by atoms with Crippen molar-refractivity contribution in [2.24, 2.45) is 0 Å². The van der Waals surface area contributed by atoms with Gasteiger partial charge in [0.05, 0.1) is 11.3 Å². The van der Waals surface area contributed by atoms with E-state index < -0.39 is 0 Å². The minimum atomic E-state index is -0.257. The van der Waals surface area contributed by atoms with Crippen LogP contribution in [0.1, 0.15) is 11.1 Å². The fraction of sp³-hybridized carbons (Fsp3) is 0.190. The predicted octanol–water partition coefficient (Wildman–Crippen LogP) is 3.78. The van der Waals surface area contributed by atoms with E-state index in [2.05, 4.69) is 28.5 Å². The normalized spacial score (nSPS) is 11.2. The Hall–Kier alpha value is -2.93. The van der Waals surface area contributed by atoms with Gasteiger partial charge in [0.25, 0.3) is 0 Å². The van der Waals surface area contributed by atoms with E-state index in [0.29, 0.717) is 18.1 Å². The molecule has 0 saturated heterocycles. The summed E-state index contributed by atoms with van der Waals surface area (Å²) in [6, 6.07) is 16.4. The Balaban J connectivity index is 1.40. The van der Waals surface area contributed by atoms with Gasteiger partial charge in [0.15, 0.2) is 10.8 Å². The van der Waals surface area contributed by atoms with E-state index in [-0.39, 0.29) is 17.5 Å². The number of halogens is 1. The first-order valence-corrected chi connectivity index (χ1v) is 9.98. The number of thioether (sulfide) groups is 1. The van der Waals surface area contributed by atoms with Gasteiger partial charge in [0.2, 0.25) is 5.91 Å². The third-order valence-electron chi connectivity index (χ3n) is 4.56. The van der Waals surface area contributed by atoms with Crippen molar-refractivity contribution < 1.29 is 9.18 Å². The van der Waals surface area contributed by atoms with Gasteiger partial charge in [-0.25, -0.2) is 4.39 Å². The molecule has 5 nitrogen and oxygen atoms in total. The number of hydrogen-bond donors (Lipinski definition) is 1. The van der Waals surface area contributed by atoms with Crippen LogP contribution < -0.4 is 5.32 Å². The number of fused-ring (bicyclic) bond motifs is 3. The number of nitrogens with one attached hydrogen (secondary N) is 1. The minimum absolute atomic E-state index is 0.0692. The molecule has 0 aliphatic rings. The van der Waals surface area contributed by atoms with Gasteiger partial charge in [0, 0.05) is 11.9 Å². The van der Waals surface area contributed by atoms with Crippen molar-refractivity contribution in [3.8, 4) is 0 Å². The summed E-state index contributed by atoms with van der Waals surface area (Å²) >= 11 is 1.36. The summed E-state index contributed by atoms with van der Waals surface area (Å²) in [5.74, 6) is -0.0698. The smallest absolute Gasteiger partial charge is 0.230 e. The number of nitrogens with zero attached hydrogens (tertiary/aromatic N) is 3. The highest BCUT2D eigenvalue weighted by atomic mass is 32.2. The lowest BCUT2D eigenvalue weighted by molar-refractivity contribution is -0.118. The first-order chi connectivity index (χ1) is 13.6. The van der Waals surface area contributed by atoms with Crippen LogP contribution >= 0.6 is 11.8 Å². The highest BCUT2D eigenvalue weighted by Crippen LogP contribution is 2.25. The molecule has 1 amide bonds. The molecule has 0 spiro atoms. The monoisotopic (exact) mass is 394 g/mol. The number of aryl methyl sites for hydroxylation is 1. The molecule has 4 aromatic rings. The van der Waals surface area contributed by atoms with E-state index in [0.717, 1.165) is 27.7 Å². The lowest BCUT2D eigenvalue weighted by Crippen LogP contribution is -2.27. The number of amides is 1. The van der Waals surface area contributed by atoms with Crippen molar-refractivity contribution in [3.63, 3.8) is 0 Å². The fourth-order valence-corrected chi connectivity index (χ4v) is 3.93. The van der Waals surface area contributed by atoms with Gasteiger partial charge >= 0.3 is 0 Å². The molecule has 4 rings (SSSR count). The van der Waals surface area contributed by atoms with Crippen LogP contribution in [-0.2, 0) is 11.2 Å². The first-order valence-electron chi connectivity index (χ1n) is 8.99. The molecule has 2 heterocycles. The van der Waals surface area contributed by atoms with Crippen molar-refractivity contribution in [2.45, 2.75) is 18.5 Å². The first kappa shape index (κ1) is 18.4. The standard InChI is InChI=1S/C21H19FN4OS/c1-14-12-19-24-25-21(26(19)18-5-3-2-4-17(14)18)28-13-20(27)23-11-10-15-6-8-16(22)9-7-15/h2-9,12H,10-11,13H2,1H3,(H,23,27). The largest absolute Gasteiger partial charge is 0.355 e. The Morgan fingerprint density at radius 1 is 1.14 bits per heavy atom. The third kappa shape index (κ3) is 3.84. The van der Waals surface area contributed by atoms with E-state index in [1.807, 2.05) is 28.7 Å². The van der Waals surface area contributed by atoms with E-state index in [1.54, 1.807) is 12.1 Å². The maximum absolute atomic E-state index is 12.9. The SMILES string of the molecule is Cc1cc2nnc(SCC(=O)NCCc3ccc(F)cc3)n2c2ccccc12. The molecule has 0 saturated carbocycles. The van der Waals surface area contributed by atoms with Crippen molar-refractivity contribution in [2.75, 3.05) is 12.3 Å². The summed E-state index contributed by atoms with van der Waals surface area (Å²) in [6.45, 7) is 2.56. The summed E-state index contributed by atoms with van der Waals surface area (Å²) in [5.41, 5.74) is 3.93. The zero-order valence-electron chi connectivity index (χ0n) is 15.4. The number of carbonyl (C=O) groups is 1. The van der Waals surface area contributed by atoms with Crippen LogP contribution in [-0.4, -0.2) is 32.8 Å². The van der Waals surface area contributed by atoms with Gasteiger partial charge in [-0.1, -0.05) is 42.1 Å². The van der Waals surface area contributed by atoms with Gasteiger partial charge in [-0.15, -0.1) is 10.2 Å². The number of para-hydroxylation sites is 1. The molecule has 2 aromatic carbocycles. The lowest BCUT2D eigenvalue weighted by atomic mass is 10.1. The van der Waals surface area contributed by atoms with Crippen molar-refractivity contribution in [1.29, 1.82) is 0 Å². The summed E-state index contributed by atoms with van der Waals surface area (Å²) in [6.07, 6.45) is 0.661. The molecule has 0 unspecified atom stereocenters. The average Bonchev–Trinajstić information content (AvgIpc) is 3.11. The number of carbonyl (C=O) groups excluding carboxylic acids is 1. The van der Waals surface area contributed by atoms with Crippen LogP contribution in [0.2, 0.25) is 0 Å². The van der Waals surface area contributed by atoms with Gasteiger partial charge in [-0.3, -0.25) is 9.20 Å². The van der Waals surface area contributed by atoms with E-state index in [9.17, 15) is 9.18 Å². The summed E-state index contributed by atoms with van der Waals surface area (Å²) < 4.78 is 14.9. The highest BCUT2D eigenvalue weighted by Gasteiger charge is 2.13. The second kappa shape index (κ2) is 7.98. The van der Waals surface area contributed by atoms with Crippen LogP contribution in [0.4, 0.5) is 4.39 Å². The van der Waals surface area contributed by atoms with E-state index >= 15 is 0 Å². The topological polar surface area (TPSA) is 59.3 Å². The Morgan fingerprint density at radius 2 is 1.93 bits per heavy atom. The van der Waals surface area contributed by atoms with Crippen molar-refractivity contribution >= 4 is 34.2 Å². The van der Waals surface area contributed by atoms with E-state index in [1.165, 1.54) is 23.9 Å². The van der Waals surface area contributed by atoms with Crippen LogP contribution in [0.15, 0.2) is 59.8 Å². The highest BCUT2D eigenvalue weighted by molar-refractivity contribution is 7.99. The Bertz CT molecular complexity index is 1140. The molecular weight excluding hydrogens is 375 g/mol. The zero-order chi connectivity index (χ0) is 19.5. The maximum Gasteiger partial charge on any atom is 0.230 e. The molecule has 2 aromatic heterocycles. The van der Waals surface area contributed by atoms with Gasteiger partial charge in [-0.2, -0.15) is 0 Å². The zero-order valence-corrected chi connectivity index (χ0v) is 16.2. The number of aromatic nitrogens is 3. The lowest BCUT2D eigenvalue weighted by Gasteiger charge is -2.08. The molecule has 7 heteroatoms. The van der Waals surface area contributed by atoms with Crippen molar-refractivity contribution in [1.82, 2.24) is 19.9 Å². The van der Waals surface area contributed by atoms with Gasteiger partial charge < -0.3 is 5.32 Å². The molecule has 0 bridgehead atoms. The number of hydrogen-bond acceptors (Lipinski definition) is 4. The third-order valence-corrected chi connectivity index (χ3v) is 5.48. The number of benzene rings is 2. The number of pyridine rings is 1. The maximum atomic E-state index is 12.9. The van der Waals surface area contributed by atoms with Crippen LogP contribution in [0.5, 0.6) is 0 Å². The van der Waals surface area contributed by atoms with E-state index in [4.69, 9.17) is 0 Å². The summed E-state index contributed by atoms with van der Waals surface area (Å²) in [7, 11) is 0. The molecule has 0 atom stereocenters. The van der Waals surface area contributed by atoms with Gasteiger partial charge in [-0.05, 0) is 48.7 Å². The molecule has 0 radical (unpaired) electrons. The second-order valence-electron chi connectivity index (χ2n) is 6.54. The predicted molar refractivity (Wildman–Crippen MR) is 109 cm³/mol. The molecule has 28 heavy (non-hydrogen) atoms. The Labute approximate surface area is 166 Å². The molecule has 0 fully saturated rings. The fourth-order valence-electron chi connectivity index (χ4n) is 3.15. The van der Waals surface area contributed by atoms with Gasteiger partial charge in [0.1, 0.15) is 5.82 Å². The summed E-state index contributed by atoms with van der Waals surface area (Å²) in [5, 5.41) is 13.2. The Kier molecular flexibility index (Phi) is 5.25. The van der Waals surface area contributed by atoms with Crippen LogP contribution in [0.25, 0.3) is 16.6 Å². The molecule has 1 N–H and O–H groups in total. The van der Waals surface area contributed by atoms with Crippen LogP contribution in [0.3, 0.4) is 0 Å². The molecule has 0 aliphatic carbocycles. The number of rotatable bonds is 6. The molecule has 0 aliphatic heterocycles. The quantitative estimate of drug-likeness (QED) is 0.506. The minimum Gasteiger partial charge on any atom is -0.355 e. The molecule has 142 valence electrons. The average molecular weight is 394 g/mol. The molecular formula is C21H19FN4OS. The van der Waals surface area contributed by atoms with Crippen LogP contribution in [0, 0.1) is 12.7 Å².